The molecule has 1 aromatic rings. The Morgan fingerprint density at radius 2 is 1.90 bits per heavy atom. The van der Waals surface area contributed by atoms with Gasteiger partial charge < -0.3 is 10.6 Å². The predicted octanol–water partition coefficient (Wildman–Crippen LogP) is 1.20. The fraction of sp³-hybridized carbons (Fsp3) is 0.571. The van der Waals surface area contributed by atoms with Gasteiger partial charge in [0.25, 0.3) is 10.1 Å². The Kier molecular flexibility index (Phi) is 5.15. The van der Waals surface area contributed by atoms with Crippen molar-refractivity contribution < 1.29 is 13.0 Å². The van der Waals surface area contributed by atoms with Gasteiger partial charge in [-0.15, -0.1) is 0 Å². The third kappa shape index (κ3) is 4.28. The second-order valence-electron chi connectivity index (χ2n) is 5.41. The van der Waals surface area contributed by atoms with E-state index in [2.05, 4.69) is 10.6 Å². The molecule has 0 unspecified atom stereocenters. The zero-order valence-electron chi connectivity index (χ0n) is 11.7. The van der Waals surface area contributed by atoms with Crippen molar-refractivity contribution in [2.45, 2.75) is 30.7 Å². The Morgan fingerprint density at radius 3 is 2.50 bits per heavy atom. The molecule has 1 aromatic carbocycles. The van der Waals surface area contributed by atoms with Crippen LogP contribution >= 0.6 is 0 Å². The average Bonchev–Trinajstić information content (AvgIpc) is 2.87. The lowest BCUT2D eigenvalue weighted by Crippen LogP contribution is -2.40. The van der Waals surface area contributed by atoms with E-state index >= 15 is 0 Å². The van der Waals surface area contributed by atoms with E-state index in [0.717, 1.165) is 17.5 Å². The molecule has 2 aliphatic heterocycles. The molecule has 2 aliphatic rings. The lowest BCUT2D eigenvalue weighted by molar-refractivity contribution is 0.339. The molecule has 20 heavy (non-hydrogen) atoms. The molecule has 0 aliphatic carbocycles. The van der Waals surface area contributed by atoms with Crippen LogP contribution in [0.25, 0.3) is 0 Å². The van der Waals surface area contributed by atoms with Gasteiger partial charge in [-0.3, -0.25) is 4.55 Å². The Morgan fingerprint density at radius 1 is 1.20 bits per heavy atom. The summed E-state index contributed by atoms with van der Waals surface area (Å²) in [6.07, 6.45) is 2.81. The molecule has 0 saturated carbocycles. The van der Waals surface area contributed by atoms with Gasteiger partial charge in [0.15, 0.2) is 0 Å². The maximum Gasteiger partial charge on any atom is 0.294 e. The second-order valence-corrected chi connectivity index (χ2v) is 6.83. The molecular weight excluding hydrogens is 276 g/mol. The molecule has 2 fully saturated rings. The van der Waals surface area contributed by atoms with Crippen LogP contribution in [-0.4, -0.2) is 38.6 Å². The first-order valence-corrected chi connectivity index (χ1v) is 8.39. The predicted molar refractivity (Wildman–Crippen MR) is 78.4 cm³/mol. The summed E-state index contributed by atoms with van der Waals surface area (Å²) in [7, 11) is -4.02. The van der Waals surface area contributed by atoms with Gasteiger partial charge in [0.05, 0.1) is 4.90 Å². The summed E-state index contributed by atoms with van der Waals surface area (Å²) < 4.78 is 29.6. The Labute approximate surface area is 120 Å². The van der Waals surface area contributed by atoms with Gasteiger partial charge in [-0.05, 0) is 50.9 Å². The summed E-state index contributed by atoms with van der Waals surface area (Å²) in [5, 5.41) is 6.92. The standard InChI is InChI=1S/C7H14N2.C7H8O3S/c1-2-6-4-8-5-7(6)9-3-1;1-6-2-4-7(5-3-6)11(8,9)10/h6-9H,1-5H2;2-5H,1H3,(H,8,9,10)/t6-,7+;/m0./s1. The van der Waals surface area contributed by atoms with Crippen molar-refractivity contribution in [3.05, 3.63) is 29.8 Å². The van der Waals surface area contributed by atoms with Crippen molar-refractivity contribution in [3.63, 3.8) is 0 Å². The van der Waals surface area contributed by atoms with Crippen LogP contribution < -0.4 is 10.6 Å². The molecule has 2 saturated heterocycles. The van der Waals surface area contributed by atoms with E-state index in [1.165, 1.54) is 44.6 Å². The maximum atomic E-state index is 10.5. The highest BCUT2D eigenvalue weighted by molar-refractivity contribution is 7.85. The SMILES string of the molecule is C1CN[C@@H]2CNC[C@@H]2C1.Cc1ccc(S(=O)(=O)O)cc1. The van der Waals surface area contributed by atoms with E-state index in [0.29, 0.717) is 0 Å². The van der Waals surface area contributed by atoms with E-state index < -0.39 is 10.1 Å². The van der Waals surface area contributed by atoms with Gasteiger partial charge in [-0.1, -0.05) is 17.7 Å². The molecule has 0 aromatic heterocycles. The number of nitrogens with one attached hydrogen (secondary N) is 2. The summed E-state index contributed by atoms with van der Waals surface area (Å²) in [6.45, 7) is 5.53. The quantitative estimate of drug-likeness (QED) is 0.679. The molecule has 0 spiro atoms. The summed E-state index contributed by atoms with van der Waals surface area (Å²) >= 11 is 0. The van der Waals surface area contributed by atoms with Crippen LogP contribution in [0.4, 0.5) is 0 Å². The fourth-order valence-corrected chi connectivity index (χ4v) is 3.12. The van der Waals surface area contributed by atoms with Crippen LogP contribution in [-0.2, 0) is 10.1 Å². The van der Waals surface area contributed by atoms with Crippen LogP contribution in [0.3, 0.4) is 0 Å². The Bertz CT molecular complexity index is 516. The number of hydrogen-bond acceptors (Lipinski definition) is 4. The lowest BCUT2D eigenvalue weighted by atomic mass is 9.94. The van der Waals surface area contributed by atoms with Gasteiger partial charge in [-0.25, -0.2) is 0 Å². The van der Waals surface area contributed by atoms with Crippen LogP contribution in [0.15, 0.2) is 29.2 Å². The number of piperidine rings is 1. The minimum Gasteiger partial charge on any atom is -0.315 e. The molecular formula is C14H22N2O3S. The molecule has 5 nitrogen and oxygen atoms in total. The van der Waals surface area contributed by atoms with Crippen molar-refractivity contribution in [1.82, 2.24) is 10.6 Å². The van der Waals surface area contributed by atoms with E-state index in [4.69, 9.17) is 4.55 Å². The summed E-state index contributed by atoms with van der Waals surface area (Å²) in [6, 6.07) is 6.79. The minimum absolute atomic E-state index is 0.0666. The van der Waals surface area contributed by atoms with Gasteiger partial charge >= 0.3 is 0 Å². The Balaban J connectivity index is 0.000000149. The zero-order chi connectivity index (χ0) is 14.6. The first kappa shape index (κ1) is 15.4. The first-order valence-electron chi connectivity index (χ1n) is 6.95. The summed E-state index contributed by atoms with van der Waals surface area (Å²) in [5.74, 6) is 0.943. The molecule has 112 valence electrons. The summed E-state index contributed by atoms with van der Waals surface area (Å²) in [4.78, 5) is -0.0666. The number of hydrogen-bond donors (Lipinski definition) is 3. The minimum atomic E-state index is -4.02. The maximum absolute atomic E-state index is 10.5. The van der Waals surface area contributed by atoms with Crippen LogP contribution in [0.5, 0.6) is 0 Å². The molecule has 2 heterocycles. The smallest absolute Gasteiger partial charge is 0.294 e. The number of benzene rings is 1. The summed E-state index contributed by atoms with van der Waals surface area (Å²) in [5.41, 5.74) is 0.956. The second kappa shape index (κ2) is 6.67. The monoisotopic (exact) mass is 298 g/mol. The van der Waals surface area contributed by atoms with E-state index in [-0.39, 0.29) is 4.90 Å². The van der Waals surface area contributed by atoms with E-state index in [9.17, 15) is 8.42 Å². The van der Waals surface area contributed by atoms with Crippen molar-refractivity contribution in [2.24, 2.45) is 5.92 Å². The van der Waals surface area contributed by atoms with Crippen molar-refractivity contribution in [2.75, 3.05) is 19.6 Å². The topological polar surface area (TPSA) is 78.4 Å². The van der Waals surface area contributed by atoms with Crippen LogP contribution in [0.1, 0.15) is 18.4 Å². The molecule has 0 radical (unpaired) electrons. The van der Waals surface area contributed by atoms with Gasteiger partial charge in [0.2, 0.25) is 0 Å². The molecule has 2 atom stereocenters. The van der Waals surface area contributed by atoms with E-state index in [1.54, 1.807) is 12.1 Å². The van der Waals surface area contributed by atoms with Gasteiger partial charge in [0, 0.05) is 12.6 Å². The highest BCUT2D eigenvalue weighted by atomic mass is 32.2. The molecule has 0 bridgehead atoms. The molecule has 3 N–H and O–H groups in total. The number of aryl methyl sites for hydroxylation is 1. The highest BCUT2D eigenvalue weighted by Crippen LogP contribution is 2.18. The third-order valence-corrected chi connectivity index (χ3v) is 4.68. The molecule has 0 amide bonds. The first-order chi connectivity index (χ1) is 9.47. The molecule has 3 rings (SSSR count). The fourth-order valence-electron chi connectivity index (χ4n) is 2.64. The lowest BCUT2D eigenvalue weighted by Gasteiger charge is -2.24. The molecule has 6 heteroatoms. The highest BCUT2D eigenvalue weighted by Gasteiger charge is 2.28. The third-order valence-electron chi connectivity index (χ3n) is 3.82. The number of fused-ring (bicyclic) bond motifs is 1. The number of rotatable bonds is 1. The van der Waals surface area contributed by atoms with Crippen molar-refractivity contribution in [1.29, 1.82) is 0 Å². The van der Waals surface area contributed by atoms with Crippen LogP contribution in [0.2, 0.25) is 0 Å². The Hall–Kier alpha value is -0.950. The zero-order valence-corrected chi connectivity index (χ0v) is 12.5. The van der Waals surface area contributed by atoms with Gasteiger partial charge in [-0.2, -0.15) is 8.42 Å². The van der Waals surface area contributed by atoms with Crippen LogP contribution in [0, 0.1) is 12.8 Å². The van der Waals surface area contributed by atoms with E-state index in [1.807, 2.05) is 6.92 Å². The largest absolute Gasteiger partial charge is 0.315 e. The van der Waals surface area contributed by atoms with Gasteiger partial charge in [0.1, 0.15) is 0 Å². The average molecular weight is 298 g/mol. The van der Waals surface area contributed by atoms with Crippen molar-refractivity contribution >= 4 is 10.1 Å². The normalized spacial score (nSPS) is 25.5. The van der Waals surface area contributed by atoms with Crippen molar-refractivity contribution in [3.8, 4) is 0 Å².